The second-order valence-electron chi connectivity index (χ2n) is 7.62. The van der Waals surface area contributed by atoms with E-state index >= 15 is 0 Å². The van der Waals surface area contributed by atoms with Crippen molar-refractivity contribution in [1.82, 2.24) is 15.2 Å². The van der Waals surface area contributed by atoms with Crippen molar-refractivity contribution in [2.24, 2.45) is 7.05 Å². The molecule has 0 bridgehead atoms. The zero-order chi connectivity index (χ0) is 21.8. The number of rotatable bonds is 5. The van der Waals surface area contributed by atoms with Gasteiger partial charge in [-0.05, 0) is 41.8 Å². The van der Waals surface area contributed by atoms with E-state index in [4.69, 9.17) is 4.74 Å². The van der Waals surface area contributed by atoms with Gasteiger partial charge < -0.3 is 19.9 Å². The molecular weight excluding hydrogens is 412 g/mol. The Morgan fingerprint density at radius 3 is 2.87 bits per heavy atom. The molecule has 31 heavy (non-hydrogen) atoms. The summed E-state index contributed by atoms with van der Waals surface area (Å²) < 4.78 is 8.19. The van der Waals surface area contributed by atoms with Crippen molar-refractivity contribution < 1.29 is 9.53 Å². The molecule has 3 aromatic rings. The number of carbonyl (C=O) groups is 1. The zero-order valence-corrected chi connectivity index (χ0v) is 18.1. The van der Waals surface area contributed by atoms with Gasteiger partial charge >= 0.3 is 4.87 Å². The molecule has 2 N–H and O–H groups in total. The number of carbonyl (C=O) groups excluding carboxylic acids is 1. The number of nitrogens with zero attached hydrogens (tertiary/aromatic N) is 2. The summed E-state index contributed by atoms with van der Waals surface area (Å²) >= 11 is 1.24. The Hall–Kier alpha value is -2.99. The molecule has 1 aliphatic rings. The molecule has 8 heteroatoms. The monoisotopic (exact) mass is 436 g/mol. The maximum Gasteiger partial charge on any atom is 0.307 e. The van der Waals surface area contributed by atoms with E-state index < -0.39 is 12.1 Å². The number of aryl methyl sites for hydroxylation is 1. The average Bonchev–Trinajstić information content (AvgIpc) is 2.96. The van der Waals surface area contributed by atoms with Crippen LogP contribution in [0.15, 0.2) is 47.3 Å². The van der Waals surface area contributed by atoms with Crippen LogP contribution in [0, 0.1) is 11.3 Å². The second-order valence-corrected chi connectivity index (χ2v) is 8.61. The Morgan fingerprint density at radius 1 is 1.32 bits per heavy atom. The molecule has 1 aliphatic heterocycles. The van der Waals surface area contributed by atoms with Gasteiger partial charge in [-0.15, -0.1) is 0 Å². The van der Waals surface area contributed by atoms with E-state index in [9.17, 15) is 14.9 Å². The van der Waals surface area contributed by atoms with Gasteiger partial charge in [-0.2, -0.15) is 5.26 Å². The van der Waals surface area contributed by atoms with Crippen molar-refractivity contribution in [3.05, 3.63) is 57.7 Å². The number of fused-ring (bicyclic) bond motifs is 1. The van der Waals surface area contributed by atoms with Gasteiger partial charge in [0.2, 0.25) is 0 Å². The van der Waals surface area contributed by atoms with Crippen molar-refractivity contribution in [1.29, 1.82) is 5.26 Å². The van der Waals surface area contributed by atoms with Crippen molar-refractivity contribution in [2.75, 3.05) is 19.7 Å². The van der Waals surface area contributed by atoms with Crippen LogP contribution in [0.4, 0.5) is 0 Å². The highest BCUT2D eigenvalue weighted by molar-refractivity contribution is 7.16. The maximum atomic E-state index is 12.4. The van der Waals surface area contributed by atoms with Crippen LogP contribution in [-0.4, -0.2) is 42.3 Å². The van der Waals surface area contributed by atoms with Crippen LogP contribution in [0.3, 0.4) is 0 Å². The molecule has 2 atom stereocenters. The minimum Gasteiger partial charge on any atom is -0.367 e. The molecule has 0 radical (unpaired) electrons. The number of amides is 1. The van der Waals surface area contributed by atoms with Crippen molar-refractivity contribution in [2.45, 2.75) is 25.0 Å². The highest BCUT2D eigenvalue weighted by atomic mass is 32.1. The molecule has 0 aliphatic carbocycles. The van der Waals surface area contributed by atoms with E-state index in [0.717, 1.165) is 39.9 Å². The molecule has 2 aromatic carbocycles. The fraction of sp³-hybridized carbons (Fsp3) is 0.348. The number of nitrogens with one attached hydrogen (secondary N) is 2. The Bertz CT molecular complexity index is 1170. The Morgan fingerprint density at radius 2 is 2.10 bits per heavy atom. The third-order valence-corrected chi connectivity index (χ3v) is 6.44. The van der Waals surface area contributed by atoms with E-state index in [0.29, 0.717) is 19.6 Å². The van der Waals surface area contributed by atoms with Crippen molar-refractivity contribution in [3.8, 4) is 17.2 Å². The molecule has 1 fully saturated rings. The summed E-state index contributed by atoms with van der Waals surface area (Å²) in [5, 5.41) is 15.5. The van der Waals surface area contributed by atoms with E-state index in [1.54, 1.807) is 11.6 Å². The van der Waals surface area contributed by atoms with Gasteiger partial charge in [-0.1, -0.05) is 41.7 Å². The summed E-state index contributed by atoms with van der Waals surface area (Å²) in [7, 11) is 1.78. The first kappa shape index (κ1) is 21.2. The molecule has 0 saturated carbocycles. The molecule has 4 rings (SSSR count). The molecule has 1 unspecified atom stereocenters. The van der Waals surface area contributed by atoms with E-state index in [-0.39, 0.29) is 10.8 Å². The van der Waals surface area contributed by atoms with Gasteiger partial charge in [0, 0.05) is 26.6 Å². The quantitative estimate of drug-likeness (QED) is 0.639. The summed E-state index contributed by atoms with van der Waals surface area (Å²) in [6, 6.07) is 15.5. The van der Waals surface area contributed by atoms with Crippen molar-refractivity contribution in [3.63, 3.8) is 0 Å². The molecule has 7 nitrogen and oxygen atoms in total. The molecular formula is C23H24N4O3S. The van der Waals surface area contributed by atoms with Crippen LogP contribution in [-0.2, 0) is 23.0 Å². The predicted octanol–water partition coefficient (Wildman–Crippen LogP) is 2.20. The summed E-state index contributed by atoms with van der Waals surface area (Å²) in [5.41, 5.74) is 3.92. The number of thiazole rings is 1. The lowest BCUT2D eigenvalue weighted by Crippen LogP contribution is -2.46. The van der Waals surface area contributed by atoms with Gasteiger partial charge in [0.25, 0.3) is 5.91 Å². The lowest BCUT2D eigenvalue weighted by atomic mass is 10.0. The minimum absolute atomic E-state index is 0.0251. The van der Waals surface area contributed by atoms with Crippen LogP contribution >= 0.6 is 11.3 Å². The topological polar surface area (TPSA) is 96.2 Å². The van der Waals surface area contributed by atoms with Gasteiger partial charge in [-0.3, -0.25) is 9.59 Å². The van der Waals surface area contributed by atoms with Crippen molar-refractivity contribution >= 4 is 27.5 Å². The van der Waals surface area contributed by atoms with E-state index in [1.807, 2.05) is 42.5 Å². The van der Waals surface area contributed by atoms with Crippen LogP contribution in [0.1, 0.15) is 12.0 Å². The Balaban J connectivity index is 1.43. The lowest BCUT2D eigenvalue weighted by Gasteiger charge is -2.18. The zero-order valence-electron chi connectivity index (χ0n) is 17.3. The SMILES string of the molecule is Cn1c(=O)sc2ccc(-c3ccc(C[C@@H](C#N)NC(=O)C4CNCCCO4)cc3)cc21. The lowest BCUT2D eigenvalue weighted by molar-refractivity contribution is -0.132. The Kier molecular flexibility index (Phi) is 6.47. The van der Waals surface area contributed by atoms with Gasteiger partial charge in [0.05, 0.1) is 16.3 Å². The maximum absolute atomic E-state index is 12.4. The Labute approximate surface area is 184 Å². The fourth-order valence-corrected chi connectivity index (χ4v) is 4.51. The number of hydrogen-bond donors (Lipinski definition) is 2. The molecule has 2 heterocycles. The average molecular weight is 437 g/mol. The van der Waals surface area contributed by atoms with E-state index in [1.165, 1.54) is 11.3 Å². The van der Waals surface area contributed by atoms with Crippen LogP contribution in [0.5, 0.6) is 0 Å². The number of hydrogen-bond acceptors (Lipinski definition) is 6. The van der Waals surface area contributed by atoms with Gasteiger partial charge in [-0.25, -0.2) is 0 Å². The number of aromatic nitrogens is 1. The summed E-state index contributed by atoms with van der Waals surface area (Å²) in [4.78, 5) is 24.3. The third-order valence-electron chi connectivity index (χ3n) is 5.43. The van der Waals surface area contributed by atoms with Crippen LogP contribution in [0.2, 0.25) is 0 Å². The summed E-state index contributed by atoms with van der Waals surface area (Å²) in [5.74, 6) is -0.257. The normalized spacial score (nSPS) is 17.6. The van der Waals surface area contributed by atoms with Crippen LogP contribution in [0.25, 0.3) is 21.3 Å². The van der Waals surface area contributed by atoms with Crippen LogP contribution < -0.4 is 15.5 Å². The number of benzene rings is 2. The highest BCUT2D eigenvalue weighted by Crippen LogP contribution is 2.26. The summed E-state index contributed by atoms with van der Waals surface area (Å²) in [6.45, 7) is 1.82. The highest BCUT2D eigenvalue weighted by Gasteiger charge is 2.23. The number of ether oxygens (including phenoxy) is 1. The minimum atomic E-state index is -0.623. The predicted molar refractivity (Wildman–Crippen MR) is 121 cm³/mol. The molecule has 1 aromatic heterocycles. The first-order valence-electron chi connectivity index (χ1n) is 10.3. The smallest absolute Gasteiger partial charge is 0.307 e. The third kappa shape index (κ3) is 4.85. The largest absolute Gasteiger partial charge is 0.367 e. The van der Waals surface area contributed by atoms with Gasteiger partial charge in [0.15, 0.2) is 0 Å². The van der Waals surface area contributed by atoms with E-state index in [2.05, 4.69) is 16.7 Å². The molecule has 160 valence electrons. The van der Waals surface area contributed by atoms with Gasteiger partial charge in [0.1, 0.15) is 12.1 Å². The molecule has 1 amide bonds. The number of nitriles is 1. The second kappa shape index (κ2) is 9.43. The first-order chi connectivity index (χ1) is 15.0. The fourth-order valence-electron chi connectivity index (χ4n) is 3.65. The molecule has 1 saturated heterocycles. The molecule has 0 spiro atoms. The standard InChI is InChI=1S/C23H24N4O3S/c1-27-19-12-17(7-8-21(19)31-23(27)29)16-5-3-15(4-6-16)11-18(13-24)26-22(28)20-14-25-9-2-10-30-20/h3-8,12,18,20,25H,2,9-11,14H2,1H3,(H,26,28)/t18-,20?/m0/s1. The first-order valence-corrected chi connectivity index (χ1v) is 11.1. The summed E-state index contributed by atoms with van der Waals surface area (Å²) in [6.07, 6.45) is 0.720.